The van der Waals surface area contributed by atoms with Crippen molar-refractivity contribution >= 4 is 16.9 Å². The van der Waals surface area contributed by atoms with E-state index in [1.165, 1.54) is 0 Å². The molecule has 6 heteroatoms. The van der Waals surface area contributed by atoms with Gasteiger partial charge in [0, 0.05) is 25.7 Å². The first kappa shape index (κ1) is 13.1. The van der Waals surface area contributed by atoms with Gasteiger partial charge >= 0.3 is 0 Å². The van der Waals surface area contributed by atoms with Crippen LogP contribution in [0.1, 0.15) is 6.92 Å². The number of aromatic nitrogens is 3. The zero-order valence-electron chi connectivity index (χ0n) is 11.9. The van der Waals surface area contributed by atoms with Gasteiger partial charge in [0.1, 0.15) is 12.1 Å². The number of rotatable bonds is 2. The molecule has 1 amide bonds. The van der Waals surface area contributed by atoms with E-state index in [1.54, 1.807) is 4.68 Å². The third kappa shape index (κ3) is 2.38. The summed E-state index contributed by atoms with van der Waals surface area (Å²) < 4.78 is 1.68. The van der Waals surface area contributed by atoms with E-state index in [0.29, 0.717) is 0 Å². The molecule has 0 aliphatic carbocycles. The van der Waals surface area contributed by atoms with Crippen LogP contribution in [0.2, 0.25) is 0 Å². The molecule has 2 aromatic rings. The summed E-state index contributed by atoms with van der Waals surface area (Å²) >= 11 is 0. The van der Waals surface area contributed by atoms with E-state index in [4.69, 9.17) is 0 Å². The second-order valence-electron chi connectivity index (χ2n) is 5.43. The molecule has 1 aromatic heterocycles. The number of amides is 1. The molecule has 0 bridgehead atoms. The Kier molecular flexibility index (Phi) is 3.40. The Balaban J connectivity index is 1.76. The van der Waals surface area contributed by atoms with E-state index in [1.807, 2.05) is 29.2 Å². The van der Waals surface area contributed by atoms with E-state index in [2.05, 4.69) is 29.2 Å². The largest absolute Gasteiger partial charge is 0.336 e. The predicted molar refractivity (Wildman–Crippen MR) is 76.2 cm³/mol. The van der Waals surface area contributed by atoms with E-state index in [-0.39, 0.29) is 18.5 Å². The molecule has 2 heterocycles. The molecule has 1 fully saturated rings. The summed E-state index contributed by atoms with van der Waals surface area (Å²) in [5.74, 6) is 0.112. The lowest BCUT2D eigenvalue weighted by Crippen LogP contribution is -2.53. The third-order valence-electron chi connectivity index (χ3n) is 3.86. The minimum absolute atomic E-state index is 0.112. The van der Waals surface area contributed by atoms with Gasteiger partial charge < -0.3 is 9.80 Å². The smallest absolute Gasteiger partial charge is 0.244 e. The van der Waals surface area contributed by atoms with Crippen molar-refractivity contribution in [3.63, 3.8) is 0 Å². The number of nitrogens with zero attached hydrogens (tertiary/aromatic N) is 5. The fourth-order valence-corrected chi connectivity index (χ4v) is 2.76. The van der Waals surface area contributed by atoms with Crippen molar-refractivity contribution in [2.45, 2.75) is 19.5 Å². The van der Waals surface area contributed by atoms with Crippen molar-refractivity contribution in [2.75, 3.05) is 26.7 Å². The highest BCUT2D eigenvalue weighted by molar-refractivity contribution is 5.80. The van der Waals surface area contributed by atoms with Crippen LogP contribution in [-0.2, 0) is 11.3 Å². The van der Waals surface area contributed by atoms with Gasteiger partial charge in [0.25, 0.3) is 0 Å². The van der Waals surface area contributed by atoms with Crippen LogP contribution in [0.4, 0.5) is 0 Å². The van der Waals surface area contributed by atoms with Crippen molar-refractivity contribution < 1.29 is 4.79 Å². The molecule has 20 heavy (non-hydrogen) atoms. The Morgan fingerprint density at radius 3 is 2.95 bits per heavy atom. The molecule has 1 aliphatic heterocycles. The lowest BCUT2D eigenvalue weighted by atomic mass is 10.2. The number of carbonyl (C=O) groups excluding carboxylic acids is 1. The average molecular weight is 273 g/mol. The van der Waals surface area contributed by atoms with Crippen LogP contribution in [-0.4, -0.2) is 63.4 Å². The fraction of sp³-hybridized carbons (Fsp3) is 0.500. The predicted octanol–water partition coefficient (Wildman–Crippen LogP) is 0.594. The molecule has 1 saturated heterocycles. The lowest BCUT2D eigenvalue weighted by Gasteiger charge is -2.38. The minimum atomic E-state index is 0.112. The molecule has 0 radical (unpaired) electrons. The first-order valence-electron chi connectivity index (χ1n) is 6.91. The number of hydrogen-bond donors (Lipinski definition) is 0. The molecule has 0 spiro atoms. The maximum absolute atomic E-state index is 12.4. The lowest BCUT2D eigenvalue weighted by molar-refractivity contribution is -0.136. The Morgan fingerprint density at radius 1 is 1.35 bits per heavy atom. The van der Waals surface area contributed by atoms with E-state index in [9.17, 15) is 4.79 Å². The summed E-state index contributed by atoms with van der Waals surface area (Å²) in [5, 5.41) is 8.16. The van der Waals surface area contributed by atoms with Gasteiger partial charge in [-0.25, -0.2) is 4.68 Å². The van der Waals surface area contributed by atoms with Crippen LogP contribution in [0.25, 0.3) is 11.0 Å². The van der Waals surface area contributed by atoms with Gasteiger partial charge in [-0.2, -0.15) is 0 Å². The van der Waals surface area contributed by atoms with Crippen LogP contribution in [0, 0.1) is 0 Å². The van der Waals surface area contributed by atoms with Gasteiger partial charge in [-0.1, -0.05) is 17.3 Å². The van der Waals surface area contributed by atoms with Gasteiger partial charge in [0.2, 0.25) is 5.91 Å². The van der Waals surface area contributed by atoms with Crippen LogP contribution in [0.15, 0.2) is 24.3 Å². The third-order valence-corrected chi connectivity index (χ3v) is 3.86. The number of benzene rings is 1. The summed E-state index contributed by atoms with van der Waals surface area (Å²) in [5.41, 5.74) is 1.73. The van der Waals surface area contributed by atoms with Gasteiger partial charge in [-0.05, 0) is 26.1 Å². The SMILES string of the molecule is CC1CN(C)CCN1C(=O)Cn1nnc2ccccc21. The molecule has 0 saturated carbocycles. The van der Waals surface area contributed by atoms with Crippen LogP contribution < -0.4 is 0 Å². The monoisotopic (exact) mass is 273 g/mol. The van der Waals surface area contributed by atoms with Crippen molar-refractivity contribution in [1.82, 2.24) is 24.8 Å². The fourth-order valence-electron chi connectivity index (χ4n) is 2.76. The average Bonchev–Trinajstić information content (AvgIpc) is 2.82. The highest BCUT2D eigenvalue weighted by atomic mass is 16.2. The van der Waals surface area contributed by atoms with Gasteiger partial charge in [0.15, 0.2) is 0 Å². The maximum Gasteiger partial charge on any atom is 0.244 e. The van der Waals surface area contributed by atoms with E-state index < -0.39 is 0 Å². The molecular weight excluding hydrogens is 254 g/mol. The van der Waals surface area contributed by atoms with E-state index >= 15 is 0 Å². The molecule has 0 N–H and O–H groups in total. The zero-order valence-corrected chi connectivity index (χ0v) is 11.9. The molecule has 1 aromatic carbocycles. The second-order valence-corrected chi connectivity index (χ2v) is 5.43. The Labute approximate surface area is 118 Å². The number of likely N-dealkylation sites (N-methyl/N-ethyl adjacent to an activating group) is 1. The Bertz CT molecular complexity index is 623. The first-order valence-corrected chi connectivity index (χ1v) is 6.91. The van der Waals surface area contributed by atoms with Crippen LogP contribution >= 0.6 is 0 Å². The maximum atomic E-state index is 12.4. The second kappa shape index (κ2) is 5.20. The van der Waals surface area contributed by atoms with Crippen molar-refractivity contribution in [3.05, 3.63) is 24.3 Å². The topological polar surface area (TPSA) is 54.3 Å². The molecule has 1 aliphatic rings. The molecule has 106 valence electrons. The van der Waals surface area contributed by atoms with Crippen molar-refractivity contribution in [1.29, 1.82) is 0 Å². The number of hydrogen-bond acceptors (Lipinski definition) is 4. The summed E-state index contributed by atoms with van der Waals surface area (Å²) in [7, 11) is 2.09. The molecule has 1 unspecified atom stereocenters. The Morgan fingerprint density at radius 2 is 2.15 bits per heavy atom. The summed E-state index contributed by atoms with van der Waals surface area (Å²) in [6, 6.07) is 7.95. The van der Waals surface area contributed by atoms with Crippen molar-refractivity contribution in [3.8, 4) is 0 Å². The summed E-state index contributed by atoms with van der Waals surface area (Å²) in [4.78, 5) is 16.6. The normalized spacial score (nSPS) is 20.5. The van der Waals surface area contributed by atoms with Crippen molar-refractivity contribution in [2.24, 2.45) is 0 Å². The molecular formula is C14H19N5O. The van der Waals surface area contributed by atoms with Gasteiger partial charge in [-0.3, -0.25) is 4.79 Å². The number of para-hydroxylation sites is 1. The van der Waals surface area contributed by atoms with Crippen LogP contribution in [0.5, 0.6) is 0 Å². The van der Waals surface area contributed by atoms with Crippen LogP contribution in [0.3, 0.4) is 0 Å². The van der Waals surface area contributed by atoms with E-state index in [0.717, 1.165) is 30.7 Å². The highest BCUT2D eigenvalue weighted by Gasteiger charge is 2.26. The zero-order chi connectivity index (χ0) is 14.1. The number of fused-ring (bicyclic) bond motifs is 1. The standard InChI is InChI=1S/C14H19N5O/c1-11-9-17(2)7-8-18(11)14(20)10-19-13-6-4-3-5-12(13)15-16-19/h3-6,11H,7-10H2,1-2H3. The Hall–Kier alpha value is -1.95. The molecule has 3 rings (SSSR count). The van der Waals surface area contributed by atoms with Gasteiger partial charge in [0.05, 0.1) is 5.52 Å². The molecule has 6 nitrogen and oxygen atoms in total. The summed E-state index contributed by atoms with van der Waals surface area (Å²) in [6.07, 6.45) is 0. The minimum Gasteiger partial charge on any atom is -0.336 e. The highest BCUT2D eigenvalue weighted by Crippen LogP contribution is 2.12. The number of carbonyl (C=O) groups is 1. The first-order chi connectivity index (χ1) is 9.65. The summed E-state index contributed by atoms with van der Waals surface area (Å²) in [6.45, 7) is 4.97. The molecule has 1 atom stereocenters. The quantitative estimate of drug-likeness (QED) is 0.804. The van der Waals surface area contributed by atoms with Gasteiger partial charge in [-0.15, -0.1) is 5.10 Å². The number of piperazine rings is 1.